The van der Waals surface area contributed by atoms with E-state index in [0.29, 0.717) is 40.2 Å². The lowest BCUT2D eigenvalue weighted by molar-refractivity contribution is -0.117. The molecule has 0 radical (unpaired) electrons. The Hall–Kier alpha value is -6.48. The van der Waals surface area contributed by atoms with E-state index in [1.165, 1.54) is 24.9 Å². The second-order valence-electron chi connectivity index (χ2n) is 17.2. The number of likely N-dealkylation sites (N-methyl/N-ethyl adjacent to an activating group) is 1. The van der Waals surface area contributed by atoms with E-state index in [4.69, 9.17) is 19.7 Å². The first-order valence-corrected chi connectivity index (χ1v) is 25.4. The van der Waals surface area contributed by atoms with Gasteiger partial charge in [0.05, 0.1) is 30.8 Å². The average molecular weight is 962 g/mol. The minimum absolute atomic E-state index is 0.00828. The number of aromatic nitrogens is 5. The number of ether oxygens (including phenoxy) is 1. The molecule has 1 aliphatic carbocycles. The lowest BCUT2D eigenvalue weighted by atomic mass is 9.99. The zero-order valence-electron chi connectivity index (χ0n) is 38.3. The van der Waals surface area contributed by atoms with E-state index in [-0.39, 0.29) is 35.6 Å². The third-order valence-corrected chi connectivity index (χ3v) is 14.3. The van der Waals surface area contributed by atoms with Gasteiger partial charge in [0.25, 0.3) is 0 Å². The monoisotopic (exact) mass is 961 g/mol. The van der Waals surface area contributed by atoms with Crippen LogP contribution in [0, 0.1) is 11.7 Å². The maximum Gasteiger partial charge on any atom is 0.232 e. The molecule has 68 heavy (non-hydrogen) atoms. The van der Waals surface area contributed by atoms with Gasteiger partial charge in [-0.05, 0) is 104 Å². The van der Waals surface area contributed by atoms with Gasteiger partial charge in [0.1, 0.15) is 17.5 Å². The number of H-pyrrole nitrogens is 1. The summed E-state index contributed by atoms with van der Waals surface area (Å²) in [7, 11) is -0.368. The third-order valence-electron chi connectivity index (χ3n) is 12.0. The fraction of sp³-hybridized carbons (Fsp3) is 0.354. The van der Waals surface area contributed by atoms with Crippen molar-refractivity contribution < 1.29 is 22.3 Å². The summed E-state index contributed by atoms with van der Waals surface area (Å²) < 4.78 is 49.6. The molecule has 3 aromatic heterocycles. The van der Waals surface area contributed by atoms with Gasteiger partial charge in [0.15, 0.2) is 22.5 Å². The number of halogens is 1. The number of nitrogens with zero attached hydrogens (tertiary/aromatic N) is 7. The predicted molar refractivity (Wildman–Crippen MR) is 267 cm³/mol. The van der Waals surface area contributed by atoms with E-state index in [0.717, 1.165) is 104 Å². The number of aromatic amines is 1. The van der Waals surface area contributed by atoms with Gasteiger partial charge in [-0.2, -0.15) is 5.10 Å². The minimum atomic E-state index is -3.78. The summed E-state index contributed by atoms with van der Waals surface area (Å²) in [4.78, 5) is 34.8. The summed E-state index contributed by atoms with van der Waals surface area (Å²) in [6.45, 7) is 9.19. The van der Waals surface area contributed by atoms with Crippen molar-refractivity contribution in [3.63, 3.8) is 0 Å². The van der Waals surface area contributed by atoms with Crippen LogP contribution in [0.15, 0.2) is 95.1 Å². The lowest BCUT2D eigenvalue weighted by Crippen LogP contribution is -2.44. The van der Waals surface area contributed by atoms with Gasteiger partial charge >= 0.3 is 0 Å². The smallest absolute Gasteiger partial charge is 0.232 e. The summed E-state index contributed by atoms with van der Waals surface area (Å²) in [5.41, 5.74) is 5.25. The van der Waals surface area contributed by atoms with E-state index >= 15 is 4.39 Å². The van der Waals surface area contributed by atoms with Crippen molar-refractivity contribution in [1.82, 2.24) is 35.4 Å². The summed E-state index contributed by atoms with van der Waals surface area (Å²) >= 11 is 1.44. The van der Waals surface area contributed by atoms with Crippen LogP contribution >= 0.6 is 11.8 Å². The molecule has 3 fully saturated rings. The van der Waals surface area contributed by atoms with Crippen LogP contribution in [0.4, 0.5) is 44.7 Å². The minimum Gasteiger partial charge on any atom is -0.492 e. The second-order valence-corrected chi connectivity index (χ2v) is 20.1. The van der Waals surface area contributed by atoms with Gasteiger partial charge in [0.2, 0.25) is 15.9 Å². The number of sulfonamides is 1. The van der Waals surface area contributed by atoms with Crippen molar-refractivity contribution in [3.05, 3.63) is 96.6 Å². The highest BCUT2D eigenvalue weighted by Gasteiger charge is 2.29. The standard InChI is InChI=1S/C48H56FN13O4S2/c1-4-23-68(64,65)59-41-26-33(25-40(49)45(41)66-3)39-24-34(31-7-11-37(12-8-31)61-17-15-50-16-18-61)29-51-46(39)52-30-36-27-43(58-57-36)54-42-28-44(62-21-19-60(2)20-22-62)56-48(55-42)67-38-13-9-35(10-14-38)53-47(63)32-5-6-32/h7-14,24-29,32,50,59H,4-6,15-23,30H2,1-3H3,(H,51,52)(H,53,63)(H2,54,55,56,57,58). The Balaban J connectivity index is 0.964. The molecule has 356 valence electrons. The Kier molecular flexibility index (Phi) is 14.3. The number of piperazine rings is 2. The molecule has 5 heterocycles. The van der Waals surface area contributed by atoms with Crippen LogP contribution in [0.5, 0.6) is 5.75 Å². The van der Waals surface area contributed by atoms with Crippen LogP contribution in [-0.2, 0) is 21.4 Å². The van der Waals surface area contributed by atoms with Gasteiger partial charge in [-0.25, -0.2) is 27.8 Å². The normalized spacial score (nSPS) is 15.5. The molecule has 6 N–H and O–H groups in total. The Morgan fingerprint density at radius 3 is 2.37 bits per heavy atom. The molecule has 3 aliphatic rings. The van der Waals surface area contributed by atoms with E-state index in [1.807, 2.05) is 54.6 Å². The fourth-order valence-corrected chi connectivity index (χ4v) is 10.0. The molecule has 2 saturated heterocycles. The molecule has 1 amide bonds. The van der Waals surface area contributed by atoms with Crippen molar-refractivity contribution in [2.24, 2.45) is 5.92 Å². The van der Waals surface area contributed by atoms with Gasteiger partial charge in [-0.15, -0.1) is 0 Å². The van der Waals surface area contributed by atoms with Crippen molar-refractivity contribution >= 4 is 68.0 Å². The first kappa shape index (κ1) is 46.6. The lowest BCUT2D eigenvalue weighted by Gasteiger charge is -2.33. The van der Waals surface area contributed by atoms with Gasteiger partial charge in [0, 0.05) is 104 Å². The summed E-state index contributed by atoms with van der Waals surface area (Å²) in [5.74, 6) is 1.47. The van der Waals surface area contributed by atoms with Crippen molar-refractivity contribution in [1.29, 1.82) is 0 Å². The topological polar surface area (TPSA) is 198 Å². The zero-order chi connectivity index (χ0) is 47.2. The number of pyridine rings is 1. The molecule has 0 atom stereocenters. The van der Waals surface area contributed by atoms with Crippen LogP contribution in [0.1, 0.15) is 31.9 Å². The van der Waals surface area contributed by atoms with Crippen molar-refractivity contribution in [2.75, 3.05) is 103 Å². The number of anilines is 7. The first-order valence-electron chi connectivity index (χ1n) is 22.9. The maximum absolute atomic E-state index is 15.9. The molecule has 2 aliphatic heterocycles. The molecule has 6 aromatic rings. The summed E-state index contributed by atoms with van der Waals surface area (Å²) in [6, 6.07) is 24.6. The average Bonchev–Trinajstić information content (AvgIpc) is 4.11. The van der Waals surface area contributed by atoms with Crippen LogP contribution in [0.25, 0.3) is 22.3 Å². The van der Waals surface area contributed by atoms with E-state index < -0.39 is 15.8 Å². The Labute approximate surface area is 400 Å². The fourth-order valence-electron chi connectivity index (χ4n) is 8.14. The van der Waals surface area contributed by atoms with E-state index in [2.05, 4.69) is 70.1 Å². The number of amides is 1. The number of hydrogen-bond acceptors (Lipinski definition) is 15. The Morgan fingerprint density at radius 2 is 1.65 bits per heavy atom. The molecule has 20 heteroatoms. The first-order chi connectivity index (χ1) is 33.0. The molecule has 0 unspecified atom stereocenters. The van der Waals surface area contributed by atoms with Gasteiger partial charge in [-0.1, -0.05) is 19.1 Å². The van der Waals surface area contributed by atoms with Crippen molar-refractivity contribution in [2.45, 2.75) is 42.8 Å². The highest BCUT2D eigenvalue weighted by molar-refractivity contribution is 7.99. The molecule has 1 saturated carbocycles. The molecule has 0 spiro atoms. The molecule has 0 bridgehead atoms. The van der Waals surface area contributed by atoms with E-state index in [1.54, 1.807) is 19.2 Å². The summed E-state index contributed by atoms with van der Waals surface area (Å²) in [5, 5.41) is 21.4. The van der Waals surface area contributed by atoms with Crippen LogP contribution < -0.4 is 40.5 Å². The Morgan fingerprint density at radius 1 is 0.882 bits per heavy atom. The number of methoxy groups -OCH3 is 1. The molecular weight excluding hydrogens is 906 g/mol. The van der Waals surface area contributed by atoms with Gasteiger partial charge in [-0.3, -0.25) is 14.6 Å². The number of carbonyl (C=O) groups is 1. The SMILES string of the molecule is CCCS(=O)(=O)Nc1cc(-c2cc(-c3ccc(N4CCNCC4)cc3)cnc2NCc2cc(Nc3cc(N4CCN(C)CC4)nc(Sc4ccc(NC(=O)C5CC5)cc4)n3)n[nH]2)cc(F)c1OC. The quantitative estimate of drug-likeness (QED) is 0.0471. The van der Waals surface area contributed by atoms with Crippen LogP contribution in [0.3, 0.4) is 0 Å². The maximum atomic E-state index is 15.9. The molecule has 9 rings (SSSR count). The number of hydrogen-bond donors (Lipinski definition) is 6. The molecule has 17 nitrogen and oxygen atoms in total. The predicted octanol–water partition coefficient (Wildman–Crippen LogP) is 7.24. The van der Waals surface area contributed by atoms with Gasteiger partial charge < -0.3 is 40.7 Å². The summed E-state index contributed by atoms with van der Waals surface area (Å²) in [6.07, 6.45) is 4.04. The highest BCUT2D eigenvalue weighted by atomic mass is 32.2. The van der Waals surface area contributed by atoms with Crippen LogP contribution in [-0.4, -0.2) is 117 Å². The molecule has 3 aromatic carbocycles. The van der Waals surface area contributed by atoms with Crippen molar-refractivity contribution in [3.8, 4) is 28.0 Å². The Bertz CT molecular complexity index is 2830. The number of nitrogens with one attached hydrogen (secondary N) is 6. The molecular formula is C48H56FN13O4S2. The highest BCUT2D eigenvalue weighted by Crippen LogP contribution is 2.39. The van der Waals surface area contributed by atoms with Crippen LogP contribution in [0.2, 0.25) is 0 Å². The zero-order valence-corrected chi connectivity index (χ0v) is 39.9. The third kappa shape index (κ3) is 11.6. The number of benzene rings is 3. The second kappa shape index (κ2) is 20.8. The largest absolute Gasteiger partial charge is 0.492 e. The number of rotatable bonds is 18. The van der Waals surface area contributed by atoms with E-state index in [9.17, 15) is 13.2 Å². The number of carbonyl (C=O) groups excluding carboxylic acids is 1.